The monoisotopic (exact) mass is 339 g/mol. The van der Waals surface area contributed by atoms with E-state index in [1.54, 1.807) is 0 Å². The van der Waals surface area contributed by atoms with Gasteiger partial charge in [-0.2, -0.15) is 0 Å². The van der Waals surface area contributed by atoms with Crippen LogP contribution in [0.25, 0.3) is 0 Å². The van der Waals surface area contributed by atoms with E-state index in [4.69, 9.17) is 10.8 Å². The van der Waals surface area contributed by atoms with Crippen molar-refractivity contribution < 1.29 is 24.6 Å². The Bertz CT molecular complexity index is 590. The molecule has 0 aliphatic carbocycles. The van der Waals surface area contributed by atoms with Crippen molar-refractivity contribution in [3.05, 3.63) is 18.2 Å². The van der Waals surface area contributed by atoms with Crippen molar-refractivity contribution in [1.82, 2.24) is 20.2 Å². The molecule has 24 heavy (non-hydrogen) atoms. The number of nitrogens with zero attached hydrogens (tertiary/aromatic N) is 2. The van der Waals surface area contributed by atoms with E-state index >= 15 is 0 Å². The van der Waals surface area contributed by atoms with Crippen LogP contribution < -0.4 is 11.1 Å². The molecule has 10 heteroatoms. The molecule has 1 saturated heterocycles. The number of amides is 2. The number of H-pyrrole nitrogens is 1. The Balaban J connectivity index is 2.03. The fraction of sp³-hybridized carbons (Fsp3) is 0.571. The lowest BCUT2D eigenvalue weighted by Crippen LogP contribution is -2.54. The Kier molecular flexibility index (Phi) is 5.88. The van der Waals surface area contributed by atoms with Gasteiger partial charge >= 0.3 is 5.97 Å². The van der Waals surface area contributed by atoms with Gasteiger partial charge < -0.3 is 31.1 Å². The summed E-state index contributed by atoms with van der Waals surface area (Å²) in [5.74, 6) is -2.24. The zero-order valence-corrected chi connectivity index (χ0v) is 13.0. The molecule has 6 N–H and O–H groups in total. The number of carbonyl (C=O) groups is 3. The van der Waals surface area contributed by atoms with Gasteiger partial charge in [0.2, 0.25) is 11.8 Å². The Morgan fingerprint density at radius 1 is 1.50 bits per heavy atom. The minimum atomic E-state index is -1.18. The van der Waals surface area contributed by atoms with Crippen LogP contribution in [0.3, 0.4) is 0 Å². The van der Waals surface area contributed by atoms with Gasteiger partial charge in [0.1, 0.15) is 18.1 Å². The largest absolute Gasteiger partial charge is 0.480 e. The first-order valence-corrected chi connectivity index (χ1v) is 7.61. The summed E-state index contributed by atoms with van der Waals surface area (Å²) in [7, 11) is 0. The highest BCUT2D eigenvalue weighted by atomic mass is 16.4. The van der Waals surface area contributed by atoms with E-state index in [0.717, 1.165) is 0 Å². The normalized spacial score (nSPS) is 19.8. The second-order valence-electron chi connectivity index (χ2n) is 5.66. The average Bonchev–Trinajstić information content (AvgIpc) is 3.23. The lowest BCUT2D eigenvalue weighted by molar-refractivity contribution is -0.144. The lowest BCUT2D eigenvalue weighted by Gasteiger charge is -2.27. The summed E-state index contributed by atoms with van der Waals surface area (Å²) in [6.45, 7) is -0.163. The topological polar surface area (TPSA) is 162 Å². The highest BCUT2D eigenvalue weighted by molar-refractivity contribution is 5.92. The van der Waals surface area contributed by atoms with Crippen LogP contribution in [0.2, 0.25) is 0 Å². The average molecular weight is 339 g/mol. The van der Waals surface area contributed by atoms with E-state index in [0.29, 0.717) is 25.1 Å². The molecule has 1 aromatic heterocycles. The summed E-state index contributed by atoms with van der Waals surface area (Å²) >= 11 is 0. The van der Waals surface area contributed by atoms with Gasteiger partial charge in [0.25, 0.3) is 0 Å². The molecule has 132 valence electrons. The first kappa shape index (κ1) is 17.9. The van der Waals surface area contributed by atoms with Crippen LogP contribution in [-0.2, 0) is 20.8 Å². The van der Waals surface area contributed by atoms with Crippen molar-refractivity contribution in [3.63, 3.8) is 0 Å². The number of aliphatic carboxylic acids is 1. The fourth-order valence-corrected chi connectivity index (χ4v) is 2.68. The number of carboxylic acids is 1. The maximum atomic E-state index is 12.4. The molecule has 0 bridgehead atoms. The number of aliphatic hydroxyl groups is 1. The third kappa shape index (κ3) is 4.09. The molecule has 1 fully saturated rings. The number of nitrogens with one attached hydrogen (secondary N) is 2. The Morgan fingerprint density at radius 2 is 2.25 bits per heavy atom. The number of rotatable bonds is 7. The van der Waals surface area contributed by atoms with Crippen LogP contribution in [-0.4, -0.2) is 74.1 Å². The number of carboxylic acid groups (broad SMARTS) is 1. The van der Waals surface area contributed by atoms with E-state index in [-0.39, 0.29) is 6.42 Å². The van der Waals surface area contributed by atoms with Crippen molar-refractivity contribution >= 4 is 17.8 Å². The minimum Gasteiger partial charge on any atom is -0.480 e. The highest BCUT2D eigenvalue weighted by Gasteiger charge is 2.37. The van der Waals surface area contributed by atoms with Crippen molar-refractivity contribution in [2.75, 3.05) is 13.2 Å². The first-order chi connectivity index (χ1) is 11.4. The van der Waals surface area contributed by atoms with Gasteiger partial charge in [-0.3, -0.25) is 9.59 Å². The number of aromatic amines is 1. The predicted molar refractivity (Wildman–Crippen MR) is 81.7 cm³/mol. The predicted octanol–water partition coefficient (Wildman–Crippen LogP) is -2.17. The van der Waals surface area contributed by atoms with Crippen molar-refractivity contribution in [2.45, 2.75) is 37.4 Å². The van der Waals surface area contributed by atoms with Crippen LogP contribution in [0.5, 0.6) is 0 Å². The van der Waals surface area contributed by atoms with Crippen molar-refractivity contribution in [3.8, 4) is 0 Å². The Morgan fingerprint density at radius 3 is 2.83 bits per heavy atom. The van der Waals surface area contributed by atoms with Gasteiger partial charge in [0.15, 0.2) is 0 Å². The summed E-state index contributed by atoms with van der Waals surface area (Å²) in [5, 5.41) is 20.7. The summed E-state index contributed by atoms with van der Waals surface area (Å²) in [5.41, 5.74) is 6.09. The lowest BCUT2D eigenvalue weighted by atomic mass is 10.1. The molecule has 10 nitrogen and oxygen atoms in total. The van der Waals surface area contributed by atoms with Gasteiger partial charge in [-0.05, 0) is 12.8 Å². The number of likely N-dealkylation sites (tertiary alicyclic amines) is 1. The van der Waals surface area contributed by atoms with Crippen molar-refractivity contribution in [2.24, 2.45) is 5.73 Å². The summed E-state index contributed by atoms with van der Waals surface area (Å²) in [6.07, 6.45) is 3.99. The van der Waals surface area contributed by atoms with Crippen LogP contribution in [0.4, 0.5) is 0 Å². The van der Waals surface area contributed by atoms with E-state index in [9.17, 15) is 19.5 Å². The molecule has 2 amide bonds. The quantitative estimate of drug-likeness (QED) is 0.377. The molecule has 2 heterocycles. The van der Waals surface area contributed by atoms with Gasteiger partial charge in [-0.15, -0.1) is 0 Å². The van der Waals surface area contributed by atoms with Crippen LogP contribution in [0.1, 0.15) is 18.5 Å². The smallest absolute Gasteiger partial charge is 0.326 e. The molecule has 1 aliphatic heterocycles. The number of aromatic nitrogens is 2. The number of nitrogens with two attached hydrogens (primary N) is 1. The third-order valence-electron chi connectivity index (χ3n) is 3.95. The molecular formula is C14H21N5O5. The standard InChI is InChI=1S/C14H21N5O5/c15-9(6-20)13(22)19-3-1-2-11(19)12(21)18-10(14(23)24)4-8-5-16-7-17-8/h5,7,9-11,20H,1-4,6,15H2,(H,16,17)(H,18,21)(H,23,24). The van der Waals surface area contributed by atoms with Crippen LogP contribution in [0, 0.1) is 0 Å². The zero-order chi connectivity index (χ0) is 17.7. The van der Waals surface area contributed by atoms with Gasteiger partial charge in [-0.1, -0.05) is 0 Å². The number of hydrogen-bond acceptors (Lipinski definition) is 6. The molecule has 0 saturated carbocycles. The molecular weight excluding hydrogens is 318 g/mol. The molecule has 1 aromatic rings. The SMILES string of the molecule is NC(CO)C(=O)N1CCCC1C(=O)NC(Cc1cnc[nH]1)C(=O)O. The van der Waals surface area contributed by atoms with Crippen molar-refractivity contribution in [1.29, 1.82) is 0 Å². The van der Waals surface area contributed by atoms with E-state index < -0.39 is 42.5 Å². The van der Waals surface area contributed by atoms with E-state index in [1.165, 1.54) is 17.4 Å². The Labute approximate surface area is 138 Å². The maximum absolute atomic E-state index is 12.4. The zero-order valence-electron chi connectivity index (χ0n) is 13.0. The second kappa shape index (κ2) is 7.88. The van der Waals surface area contributed by atoms with Crippen LogP contribution >= 0.6 is 0 Å². The molecule has 3 unspecified atom stereocenters. The summed E-state index contributed by atoms with van der Waals surface area (Å²) < 4.78 is 0. The molecule has 2 rings (SSSR count). The molecule has 0 spiro atoms. The van der Waals surface area contributed by atoms with Gasteiger partial charge in [0.05, 0.1) is 12.9 Å². The van der Waals surface area contributed by atoms with E-state index in [1.807, 2.05) is 0 Å². The summed E-state index contributed by atoms with van der Waals surface area (Å²) in [4.78, 5) is 43.8. The Hall–Kier alpha value is -2.46. The molecule has 1 aliphatic rings. The number of aliphatic hydroxyl groups excluding tert-OH is 1. The maximum Gasteiger partial charge on any atom is 0.326 e. The molecule has 0 aromatic carbocycles. The number of hydrogen-bond donors (Lipinski definition) is 5. The van der Waals surface area contributed by atoms with Gasteiger partial charge in [0, 0.05) is 24.9 Å². The summed E-state index contributed by atoms with van der Waals surface area (Å²) in [6, 6.07) is -3.00. The fourth-order valence-electron chi connectivity index (χ4n) is 2.68. The molecule has 3 atom stereocenters. The number of imidazole rings is 1. The highest BCUT2D eigenvalue weighted by Crippen LogP contribution is 2.18. The first-order valence-electron chi connectivity index (χ1n) is 7.61. The molecule has 0 radical (unpaired) electrons. The third-order valence-corrected chi connectivity index (χ3v) is 3.95. The second-order valence-corrected chi connectivity index (χ2v) is 5.66. The number of carbonyl (C=O) groups excluding carboxylic acids is 2. The van der Waals surface area contributed by atoms with Crippen LogP contribution in [0.15, 0.2) is 12.5 Å². The van der Waals surface area contributed by atoms with E-state index in [2.05, 4.69) is 15.3 Å². The minimum absolute atomic E-state index is 0.0535. The van der Waals surface area contributed by atoms with Gasteiger partial charge in [-0.25, -0.2) is 9.78 Å².